The van der Waals surface area contributed by atoms with Crippen LogP contribution in [0.2, 0.25) is 0 Å². The molecule has 0 atom stereocenters. The number of methoxy groups -OCH3 is 1. The minimum absolute atomic E-state index is 0.0205. The summed E-state index contributed by atoms with van der Waals surface area (Å²) in [7, 11) is 1.65. The second kappa shape index (κ2) is 9.28. The number of benzene rings is 1. The van der Waals surface area contributed by atoms with E-state index in [9.17, 15) is 10.1 Å². The van der Waals surface area contributed by atoms with Crippen LogP contribution in [-0.2, 0) is 11.3 Å². The van der Waals surface area contributed by atoms with E-state index >= 15 is 0 Å². The molecule has 0 aromatic heterocycles. The van der Waals surface area contributed by atoms with Crippen molar-refractivity contribution in [3.8, 4) is 5.75 Å². The summed E-state index contributed by atoms with van der Waals surface area (Å²) < 4.78 is 10.4. The lowest BCUT2D eigenvalue weighted by Crippen LogP contribution is -2.12. The van der Waals surface area contributed by atoms with Crippen molar-refractivity contribution < 1.29 is 14.4 Å². The number of nitro groups is 1. The van der Waals surface area contributed by atoms with E-state index in [0.29, 0.717) is 25.5 Å². The van der Waals surface area contributed by atoms with E-state index < -0.39 is 4.92 Å². The predicted molar refractivity (Wildman–Crippen MR) is 77.1 cm³/mol. The van der Waals surface area contributed by atoms with Crippen molar-refractivity contribution in [1.29, 1.82) is 0 Å². The predicted octanol–water partition coefficient (Wildman–Crippen LogP) is 2.51. The Hall–Kier alpha value is -1.66. The van der Waals surface area contributed by atoms with Gasteiger partial charge < -0.3 is 14.8 Å². The summed E-state index contributed by atoms with van der Waals surface area (Å²) in [4.78, 5) is 10.7. The van der Waals surface area contributed by atoms with E-state index in [1.54, 1.807) is 19.2 Å². The average molecular weight is 282 g/mol. The van der Waals surface area contributed by atoms with E-state index in [0.717, 1.165) is 24.9 Å². The molecule has 0 unspecified atom stereocenters. The fourth-order valence-corrected chi connectivity index (χ4v) is 1.74. The summed E-state index contributed by atoms with van der Waals surface area (Å²) in [6.07, 6.45) is 1.69. The number of unbranched alkanes of at least 4 members (excludes halogenated alkanes) is 1. The van der Waals surface area contributed by atoms with Crippen LogP contribution < -0.4 is 10.1 Å². The molecule has 0 aliphatic carbocycles. The number of ether oxygens (including phenoxy) is 2. The molecule has 1 N–H and O–H groups in total. The second-order valence-electron chi connectivity index (χ2n) is 4.39. The Bertz CT molecular complexity index is 424. The van der Waals surface area contributed by atoms with Crippen molar-refractivity contribution in [2.75, 3.05) is 26.9 Å². The first-order chi connectivity index (χ1) is 9.69. The topological polar surface area (TPSA) is 73.6 Å². The van der Waals surface area contributed by atoms with Gasteiger partial charge in [-0.15, -0.1) is 0 Å². The van der Waals surface area contributed by atoms with Crippen LogP contribution in [0.5, 0.6) is 5.75 Å². The van der Waals surface area contributed by atoms with E-state index in [-0.39, 0.29) is 5.69 Å². The third kappa shape index (κ3) is 5.54. The zero-order valence-corrected chi connectivity index (χ0v) is 12.1. The Morgan fingerprint density at radius 1 is 1.30 bits per heavy atom. The molecule has 0 saturated heterocycles. The summed E-state index contributed by atoms with van der Waals surface area (Å²) in [6, 6.07) is 5.08. The van der Waals surface area contributed by atoms with E-state index in [4.69, 9.17) is 9.47 Å². The summed E-state index contributed by atoms with van der Waals surface area (Å²) in [5, 5.41) is 14.2. The van der Waals surface area contributed by atoms with Crippen molar-refractivity contribution in [3.63, 3.8) is 0 Å². The number of hydrogen-bond donors (Lipinski definition) is 1. The van der Waals surface area contributed by atoms with Crippen molar-refractivity contribution in [3.05, 3.63) is 33.9 Å². The molecule has 0 aliphatic rings. The number of nitrogens with one attached hydrogen (secondary N) is 1. The lowest BCUT2D eigenvalue weighted by molar-refractivity contribution is -0.385. The minimum atomic E-state index is -0.403. The van der Waals surface area contributed by atoms with Crippen molar-refractivity contribution in [1.82, 2.24) is 5.32 Å². The molecule has 0 heterocycles. The van der Waals surface area contributed by atoms with E-state index in [1.165, 1.54) is 0 Å². The smallest absolute Gasteiger partial charge is 0.311 e. The van der Waals surface area contributed by atoms with Crippen LogP contribution in [0.15, 0.2) is 18.2 Å². The largest absolute Gasteiger partial charge is 0.487 e. The van der Waals surface area contributed by atoms with E-state index in [1.807, 2.05) is 13.0 Å². The summed E-state index contributed by atoms with van der Waals surface area (Å²) >= 11 is 0. The minimum Gasteiger partial charge on any atom is -0.487 e. The maximum Gasteiger partial charge on any atom is 0.311 e. The summed E-state index contributed by atoms with van der Waals surface area (Å²) in [6.45, 7) is 4.56. The van der Waals surface area contributed by atoms with Gasteiger partial charge in [0.05, 0.1) is 11.5 Å². The molecule has 1 aromatic rings. The normalized spacial score (nSPS) is 10.5. The number of rotatable bonds is 10. The van der Waals surface area contributed by atoms with Gasteiger partial charge in [-0.1, -0.05) is 13.0 Å². The highest BCUT2D eigenvalue weighted by atomic mass is 16.6. The first-order valence-corrected chi connectivity index (χ1v) is 6.78. The van der Waals surface area contributed by atoms with Crippen LogP contribution in [0.3, 0.4) is 0 Å². The first kappa shape index (κ1) is 16.4. The molecule has 0 amide bonds. The third-order valence-corrected chi connectivity index (χ3v) is 2.80. The van der Waals surface area contributed by atoms with Crippen LogP contribution in [0.25, 0.3) is 0 Å². The molecule has 0 saturated carbocycles. The molecule has 0 aliphatic heterocycles. The van der Waals surface area contributed by atoms with Crippen molar-refractivity contribution in [2.45, 2.75) is 26.3 Å². The van der Waals surface area contributed by atoms with Gasteiger partial charge in [0.15, 0.2) is 5.75 Å². The molecular formula is C14H22N2O4. The Kier molecular flexibility index (Phi) is 7.60. The monoisotopic (exact) mass is 282 g/mol. The Morgan fingerprint density at radius 2 is 2.05 bits per heavy atom. The summed E-state index contributed by atoms with van der Waals surface area (Å²) in [5.74, 6) is 0.327. The standard InChI is InChI=1S/C14H22N2O4/c1-3-15-11-12-6-7-14(13(10-12)16(17)18)20-9-5-4-8-19-2/h6-7,10,15H,3-5,8-9,11H2,1-2H3. The van der Waals surface area contributed by atoms with Gasteiger partial charge in [-0.3, -0.25) is 10.1 Å². The molecule has 20 heavy (non-hydrogen) atoms. The molecule has 112 valence electrons. The second-order valence-corrected chi connectivity index (χ2v) is 4.39. The summed E-state index contributed by atoms with van der Waals surface area (Å²) in [5.41, 5.74) is 0.900. The quantitative estimate of drug-likeness (QED) is 0.405. The van der Waals surface area contributed by atoms with Gasteiger partial charge in [-0.25, -0.2) is 0 Å². The van der Waals surface area contributed by atoms with Gasteiger partial charge >= 0.3 is 5.69 Å². The molecule has 0 radical (unpaired) electrons. The first-order valence-electron chi connectivity index (χ1n) is 6.78. The highest BCUT2D eigenvalue weighted by molar-refractivity contribution is 5.48. The van der Waals surface area contributed by atoms with Crippen LogP contribution in [-0.4, -0.2) is 31.8 Å². The fraction of sp³-hybridized carbons (Fsp3) is 0.571. The SMILES string of the molecule is CCNCc1ccc(OCCCCOC)c([N+](=O)[O-])c1. The van der Waals surface area contributed by atoms with Crippen molar-refractivity contribution >= 4 is 5.69 Å². The van der Waals surface area contributed by atoms with Crippen LogP contribution >= 0.6 is 0 Å². The third-order valence-electron chi connectivity index (χ3n) is 2.80. The Balaban J connectivity index is 2.62. The zero-order chi connectivity index (χ0) is 14.8. The van der Waals surface area contributed by atoms with Crippen LogP contribution in [0.1, 0.15) is 25.3 Å². The van der Waals surface area contributed by atoms with Crippen LogP contribution in [0, 0.1) is 10.1 Å². The highest BCUT2D eigenvalue weighted by Crippen LogP contribution is 2.28. The fourth-order valence-electron chi connectivity index (χ4n) is 1.74. The molecule has 0 spiro atoms. The zero-order valence-electron chi connectivity index (χ0n) is 12.1. The van der Waals surface area contributed by atoms with Gasteiger partial charge in [-0.2, -0.15) is 0 Å². The van der Waals surface area contributed by atoms with Gasteiger partial charge in [0.1, 0.15) is 0 Å². The van der Waals surface area contributed by atoms with Gasteiger partial charge in [0.2, 0.25) is 0 Å². The Labute approximate surface area is 119 Å². The molecule has 0 bridgehead atoms. The lowest BCUT2D eigenvalue weighted by Gasteiger charge is -2.08. The lowest BCUT2D eigenvalue weighted by atomic mass is 10.2. The maximum absolute atomic E-state index is 11.1. The van der Waals surface area contributed by atoms with Crippen LogP contribution in [0.4, 0.5) is 5.69 Å². The molecule has 1 rings (SSSR count). The molecule has 6 nitrogen and oxygen atoms in total. The molecule has 0 fully saturated rings. The molecule has 1 aromatic carbocycles. The number of nitrogens with zero attached hydrogens (tertiary/aromatic N) is 1. The van der Waals surface area contributed by atoms with E-state index in [2.05, 4.69) is 5.32 Å². The molecular weight excluding hydrogens is 260 g/mol. The van der Waals surface area contributed by atoms with Crippen molar-refractivity contribution in [2.24, 2.45) is 0 Å². The van der Waals surface area contributed by atoms with Gasteiger partial charge in [0, 0.05) is 26.3 Å². The highest BCUT2D eigenvalue weighted by Gasteiger charge is 2.15. The van der Waals surface area contributed by atoms with Gasteiger partial charge in [-0.05, 0) is 31.0 Å². The number of hydrogen-bond acceptors (Lipinski definition) is 5. The maximum atomic E-state index is 11.1. The Morgan fingerprint density at radius 3 is 2.70 bits per heavy atom. The number of nitro benzene ring substituents is 1. The van der Waals surface area contributed by atoms with Gasteiger partial charge in [0.25, 0.3) is 0 Å². The molecule has 6 heteroatoms. The average Bonchev–Trinajstić information content (AvgIpc) is 2.45.